The number of nitrogens with one attached hydrogen (secondary N) is 1. The molecule has 0 aliphatic carbocycles. The van der Waals surface area contributed by atoms with Crippen LogP contribution in [0.5, 0.6) is 0 Å². The number of rotatable bonds is 3. The van der Waals surface area contributed by atoms with Gasteiger partial charge in [-0.05, 0) is 18.3 Å². The minimum atomic E-state index is -5.89. The summed E-state index contributed by atoms with van der Waals surface area (Å²) in [6.45, 7) is 3.99. The summed E-state index contributed by atoms with van der Waals surface area (Å²) < 4.78 is 66.8. The van der Waals surface area contributed by atoms with Crippen molar-refractivity contribution >= 4 is 5.91 Å². The molecule has 0 spiro atoms. The molecule has 1 aliphatic rings. The third-order valence-corrected chi connectivity index (χ3v) is 3.22. The molecule has 0 radical (unpaired) electrons. The average Bonchev–Trinajstić information content (AvgIpc) is 2.27. The predicted molar refractivity (Wildman–Crippen MR) is 56.7 cm³/mol. The predicted octanol–water partition coefficient (Wildman–Crippen LogP) is 2.36. The summed E-state index contributed by atoms with van der Waals surface area (Å²) in [5.74, 6) is -7.83. The molecule has 0 aromatic rings. The zero-order valence-electron chi connectivity index (χ0n) is 10.6. The largest absolute Gasteiger partial charge is 0.463 e. The first-order chi connectivity index (χ1) is 8.57. The Morgan fingerprint density at radius 1 is 1.26 bits per heavy atom. The molecule has 0 bridgehead atoms. The summed E-state index contributed by atoms with van der Waals surface area (Å²) in [6.07, 6.45) is -5.37. The van der Waals surface area contributed by atoms with Gasteiger partial charge in [0.15, 0.2) is 0 Å². The number of carbonyl (C=O) groups is 1. The van der Waals surface area contributed by atoms with Crippen LogP contribution in [0.15, 0.2) is 0 Å². The van der Waals surface area contributed by atoms with Crippen LogP contribution in [-0.2, 0) is 9.53 Å². The highest BCUT2D eigenvalue weighted by molar-refractivity contribution is 5.84. The molecule has 8 heteroatoms. The van der Waals surface area contributed by atoms with Crippen molar-refractivity contribution in [1.29, 1.82) is 0 Å². The second-order valence-electron chi connectivity index (χ2n) is 4.92. The van der Waals surface area contributed by atoms with E-state index in [0.717, 1.165) is 0 Å². The van der Waals surface area contributed by atoms with Gasteiger partial charge in [-0.15, -0.1) is 0 Å². The molecule has 3 nitrogen and oxygen atoms in total. The Morgan fingerprint density at radius 2 is 1.84 bits per heavy atom. The quantitative estimate of drug-likeness (QED) is 0.810. The highest BCUT2D eigenvalue weighted by atomic mass is 19.4. The second kappa shape index (κ2) is 5.60. The van der Waals surface area contributed by atoms with E-state index in [4.69, 9.17) is 4.74 Å². The summed E-state index contributed by atoms with van der Waals surface area (Å²) in [6, 6.07) is -0.825. The second-order valence-corrected chi connectivity index (χ2v) is 4.92. The van der Waals surface area contributed by atoms with Crippen LogP contribution in [-0.4, -0.2) is 37.3 Å². The molecular weight excluding hydrogens is 273 g/mol. The molecule has 1 heterocycles. The van der Waals surface area contributed by atoms with Crippen molar-refractivity contribution in [2.24, 2.45) is 11.8 Å². The van der Waals surface area contributed by atoms with Gasteiger partial charge in [0.05, 0.1) is 12.6 Å². The van der Waals surface area contributed by atoms with Gasteiger partial charge in [0.1, 0.15) is 0 Å². The Morgan fingerprint density at radius 3 is 2.32 bits per heavy atom. The normalized spacial score (nSPS) is 25.5. The fourth-order valence-electron chi connectivity index (χ4n) is 2.09. The Balaban J connectivity index is 2.75. The highest BCUT2D eigenvalue weighted by Crippen LogP contribution is 2.36. The van der Waals surface area contributed by atoms with Crippen molar-refractivity contribution in [2.45, 2.75) is 38.4 Å². The number of alkyl halides is 5. The van der Waals surface area contributed by atoms with E-state index in [1.165, 1.54) is 0 Å². The molecule has 112 valence electrons. The standard InChI is InChI=1S/C11H16F5NO2/c1-6(2)7-3-4-19-5-8(7)17-9(18)10(12,13)11(14,15)16/h6-8H,3-5H2,1-2H3,(H,17,18)/t7-,8+/m0/s1. The van der Waals surface area contributed by atoms with Gasteiger partial charge in [-0.2, -0.15) is 22.0 Å². The molecule has 0 aromatic carbocycles. The number of hydrogen-bond acceptors (Lipinski definition) is 2. The van der Waals surface area contributed by atoms with Crippen molar-refractivity contribution in [1.82, 2.24) is 5.32 Å². The van der Waals surface area contributed by atoms with Gasteiger partial charge in [-0.3, -0.25) is 4.79 Å². The zero-order valence-corrected chi connectivity index (χ0v) is 10.6. The van der Waals surface area contributed by atoms with Gasteiger partial charge >= 0.3 is 18.0 Å². The van der Waals surface area contributed by atoms with E-state index in [1.807, 2.05) is 13.8 Å². The van der Waals surface area contributed by atoms with Crippen molar-refractivity contribution < 1.29 is 31.5 Å². The maximum atomic E-state index is 12.8. The van der Waals surface area contributed by atoms with Crippen LogP contribution in [0.2, 0.25) is 0 Å². The minimum absolute atomic E-state index is 0.0497. The molecule has 1 amide bonds. The minimum Gasteiger partial charge on any atom is -0.379 e. The van der Waals surface area contributed by atoms with Crippen molar-refractivity contribution in [3.8, 4) is 0 Å². The Bertz CT molecular complexity index is 330. The lowest BCUT2D eigenvalue weighted by Crippen LogP contribution is -2.57. The van der Waals surface area contributed by atoms with Gasteiger partial charge < -0.3 is 10.1 Å². The van der Waals surface area contributed by atoms with Crippen LogP contribution in [0.4, 0.5) is 22.0 Å². The number of carbonyl (C=O) groups excluding carboxylic acids is 1. The first-order valence-corrected chi connectivity index (χ1v) is 5.90. The summed E-state index contributed by atoms with van der Waals surface area (Å²) in [5, 5.41) is 1.76. The smallest absolute Gasteiger partial charge is 0.379 e. The Labute approximate surface area is 107 Å². The Kier molecular flexibility index (Phi) is 4.76. The third kappa shape index (κ3) is 3.55. The summed E-state index contributed by atoms with van der Waals surface area (Å²) in [4.78, 5) is 11.1. The molecule has 19 heavy (non-hydrogen) atoms. The van der Waals surface area contributed by atoms with Crippen LogP contribution in [0, 0.1) is 11.8 Å². The maximum absolute atomic E-state index is 12.8. The molecular formula is C11H16F5NO2. The van der Waals surface area contributed by atoms with Crippen LogP contribution >= 0.6 is 0 Å². The van der Waals surface area contributed by atoms with Gasteiger partial charge in [-0.25, -0.2) is 0 Å². The lowest BCUT2D eigenvalue weighted by Gasteiger charge is -2.35. The lowest BCUT2D eigenvalue weighted by atomic mass is 9.84. The van der Waals surface area contributed by atoms with Crippen LogP contribution < -0.4 is 5.32 Å². The molecule has 1 saturated heterocycles. The van der Waals surface area contributed by atoms with E-state index in [1.54, 1.807) is 5.32 Å². The molecule has 1 N–H and O–H groups in total. The fraction of sp³-hybridized carbons (Fsp3) is 0.909. The van der Waals surface area contributed by atoms with E-state index in [2.05, 4.69) is 0 Å². The summed E-state index contributed by atoms with van der Waals surface area (Å²) in [7, 11) is 0. The first kappa shape index (κ1) is 16.1. The Hall–Kier alpha value is -0.920. The van der Waals surface area contributed by atoms with Gasteiger partial charge in [0.25, 0.3) is 0 Å². The molecule has 1 rings (SSSR count). The van der Waals surface area contributed by atoms with E-state index in [0.29, 0.717) is 13.0 Å². The van der Waals surface area contributed by atoms with Crippen LogP contribution in [0.3, 0.4) is 0 Å². The van der Waals surface area contributed by atoms with Crippen LogP contribution in [0.1, 0.15) is 20.3 Å². The first-order valence-electron chi connectivity index (χ1n) is 5.90. The monoisotopic (exact) mass is 289 g/mol. The molecule has 0 unspecified atom stereocenters. The van der Waals surface area contributed by atoms with Gasteiger partial charge in [-0.1, -0.05) is 13.8 Å². The molecule has 0 aromatic heterocycles. The number of ether oxygens (including phenoxy) is 1. The van der Waals surface area contributed by atoms with Crippen molar-refractivity contribution in [3.63, 3.8) is 0 Å². The van der Waals surface area contributed by atoms with Gasteiger partial charge in [0.2, 0.25) is 0 Å². The topological polar surface area (TPSA) is 38.3 Å². The summed E-state index contributed by atoms with van der Waals surface area (Å²) >= 11 is 0. The molecule has 1 fully saturated rings. The number of halogens is 5. The van der Waals surface area contributed by atoms with E-state index >= 15 is 0 Å². The summed E-state index contributed by atoms with van der Waals surface area (Å²) in [5.41, 5.74) is 0. The zero-order chi connectivity index (χ0) is 14.8. The maximum Gasteiger partial charge on any atom is 0.463 e. The highest BCUT2D eigenvalue weighted by Gasteiger charge is 2.63. The van der Waals surface area contributed by atoms with E-state index in [9.17, 15) is 26.7 Å². The van der Waals surface area contributed by atoms with Crippen molar-refractivity contribution in [3.05, 3.63) is 0 Å². The van der Waals surface area contributed by atoms with E-state index < -0.39 is 24.0 Å². The lowest BCUT2D eigenvalue weighted by molar-refractivity contribution is -0.270. The molecule has 0 saturated carbocycles. The molecule has 2 atom stereocenters. The SMILES string of the molecule is CC(C)[C@@H]1CCOC[C@H]1NC(=O)C(F)(F)C(F)(F)F. The van der Waals surface area contributed by atoms with Gasteiger partial charge in [0, 0.05) is 6.61 Å². The molecule has 1 aliphatic heterocycles. The third-order valence-electron chi connectivity index (χ3n) is 3.22. The number of hydrogen-bond donors (Lipinski definition) is 1. The van der Waals surface area contributed by atoms with Crippen LogP contribution in [0.25, 0.3) is 0 Å². The average molecular weight is 289 g/mol. The number of amides is 1. The fourth-order valence-corrected chi connectivity index (χ4v) is 2.09. The van der Waals surface area contributed by atoms with Crippen molar-refractivity contribution in [2.75, 3.05) is 13.2 Å². The van der Waals surface area contributed by atoms with E-state index in [-0.39, 0.29) is 18.4 Å².